The van der Waals surface area contributed by atoms with Crippen molar-refractivity contribution in [2.75, 3.05) is 6.61 Å². The molecule has 0 aliphatic heterocycles. The van der Waals surface area contributed by atoms with Gasteiger partial charge in [-0.3, -0.25) is 4.98 Å². The van der Waals surface area contributed by atoms with Crippen molar-refractivity contribution in [1.82, 2.24) is 4.98 Å². The van der Waals surface area contributed by atoms with Crippen LogP contribution in [0, 0.1) is 11.6 Å². The third-order valence-corrected chi connectivity index (χ3v) is 6.04. The molecule has 7 heteroatoms. The average molecular weight is 500 g/mol. The van der Waals surface area contributed by atoms with Crippen molar-refractivity contribution in [2.24, 2.45) is 0 Å². The van der Waals surface area contributed by atoms with Gasteiger partial charge >= 0.3 is 6.18 Å². The highest BCUT2D eigenvalue weighted by molar-refractivity contribution is 5.88. The van der Waals surface area contributed by atoms with Crippen LogP contribution in [0.5, 0.6) is 5.75 Å². The maximum atomic E-state index is 15.2. The first-order valence-electron chi connectivity index (χ1n) is 11.9. The number of benzene rings is 3. The number of pyridine rings is 1. The number of aryl methyl sites for hydroxylation is 3. The zero-order chi connectivity index (χ0) is 25.7. The molecule has 36 heavy (non-hydrogen) atoms. The third kappa shape index (κ3) is 6.39. The van der Waals surface area contributed by atoms with Gasteiger partial charge in [-0.05, 0) is 72.0 Å². The summed E-state index contributed by atoms with van der Waals surface area (Å²) in [5, 5.41) is 1.24. The number of hydrogen-bond donors (Lipinski definition) is 0. The molecule has 1 aromatic heterocycles. The smallest absolute Gasteiger partial charge is 0.422 e. The number of aromatic nitrogens is 1. The molecule has 4 aromatic rings. The van der Waals surface area contributed by atoms with Gasteiger partial charge in [-0.15, -0.1) is 0 Å². The van der Waals surface area contributed by atoms with Crippen LogP contribution in [0.3, 0.4) is 0 Å². The number of unbranched alkanes of at least 4 members (excludes halogenated alkanes) is 1. The lowest BCUT2D eigenvalue weighted by molar-refractivity contribution is -0.153. The van der Waals surface area contributed by atoms with Crippen LogP contribution in [-0.2, 0) is 19.3 Å². The van der Waals surface area contributed by atoms with Crippen LogP contribution in [0.4, 0.5) is 22.0 Å². The van der Waals surface area contributed by atoms with Crippen LogP contribution in [0.1, 0.15) is 36.5 Å². The van der Waals surface area contributed by atoms with Crippen molar-refractivity contribution in [3.63, 3.8) is 0 Å². The molecule has 0 spiro atoms. The zero-order valence-electron chi connectivity index (χ0n) is 19.8. The molecule has 0 unspecified atom stereocenters. The highest BCUT2D eigenvalue weighted by Crippen LogP contribution is 2.28. The Morgan fingerprint density at radius 2 is 1.64 bits per heavy atom. The number of fused-ring (bicyclic) bond motifs is 1. The second-order valence-corrected chi connectivity index (χ2v) is 8.80. The Labute approximate surface area is 206 Å². The molecule has 0 aliphatic carbocycles. The minimum atomic E-state index is -4.55. The molecule has 0 radical (unpaired) electrons. The highest BCUT2D eigenvalue weighted by Gasteiger charge is 2.29. The fraction of sp³-hybridized carbons (Fsp3) is 0.276. The fourth-order valence-electron chi connectivity index (χ4n) is 4.07. The summed E-state index contributed by atoms with van der Waals surface area (Å²) in [5.74, 6) is -1.68. The second-order valence-electron chi connectivity index (χ2n) is 8.80. The fourth-order valence-corrected chi connectivity index (χ4v) is 4.07. The number of halogens is 5. The minimum absolute atomic E-state index is 0.312. The van der Waals surface area contributed by atoms with Crippen LogP contribution in [0.15, 0.2) is 66.9 Å². The summed E-state index contributed by atoms with van der Waals surface area (Å²) in [4.78, 5) is 4.56. The lowest BCUT2D eigenvalue weighted by Gasteiger charge is -2.11. The molecule has 1 heterocycles. The Hall–Kier alpha value is -3.48. The Morgan fingerprint density at radius 1 is 0.833 bits per heavy atom. The van der Waals surface area contributed by atoms with Crippen molar-refractivity contribution >= 4 is 10.8 Å². The van der Waals surface area contributed by atoms with Crippen molar-refractivity contribution in [3.8, 4) is 17.0 Å². The van der Waals surface area contributed by atoms with Crippen LogP contribution in [0.2, 0.25) is 0 Å². The van der Waals surface area contributed by atoms with Crippen molar-refractivity contribution in [3.05, 3.63) is 95.2 Å². The molecule has 4 rings (SSSR count). The summed E-state index contributed by atoms with van der Waals surface area (Å²) >= 11 is 0. The molecule has 0 fully saturated rings. The van der Waals surface area contributed by atoms with Gasteiger partial charge in [0.05, 0.1) is 5.69 Å². The van der Waals surface area contributed by atoms with E-state index in [2.05, 4.69) is 22.7 Å². The van der Waals surface area contributed by atoms with E-state index in [9.17, 15) is 17.6 Å². The van der Waals surface area contributed by atoms with E-state index in [1.165, 1.54) is 17.7 Å². The lowest BCUT2D eigenvalue weighted by atomic mass is 9.98. The summed E-state index contributed by atoms with van der Waals surface area (Å²) in [6.07, 6.45) is 1.22. The normalized spacial score (nSPS) is 11.7. The standard InChI is InChI=1S/C29H26F5NO/c1-2-3-4-20-6-13-26(35-17-20)23-11-12-24-22(16-23)10-9-21(28(24)31)8-5-19-7-14-27(25(30)15-19)36-18-29(32,33)34/h6-7,9-17H,2-5,8,18H2,1H3. The van der Waals surface area contributed by atoms with Crippen molar-refractivity contribution in [2.45, 2.75) is 45.2 Å². The maximum absolute atomic E-state index is 15.2. The van der Waals surface area contributed by atoms with Gasteiger partial charge in [0.15, 0.2) is 18.2 Å². The molecule has 0 atom stereocenters. The molecule has 0 N–H and O–H groups in total. The first kappa shape index (κ1) is 25.6. The monoisotopic (exact) mass is 499 g/mol. The van der Waals surface area contributed by atoms with Gasteiger partial charge in [0.25, 0.3) is 0 Å². The van der Waals surface area contributed by atoms with Crippen molar-refractivity contribution < 1.29 is 26.7 Å². The number of hydrogen-bond acceptors (Lipinski definition) is 2. The molecule has 3 aromatic carbocycles. The summed E-state index contributed by atoms with van der Waals surface area (Å²) in [5.41, 5.74) is 3.94. The summed E-state index contributed by atoms with van der Waals surface area (Å²) in [6, 6.07) is 16.9. The molecule has 0 amide bonds. The van der Waals surface area contributed by atoms with E-state index in [1.807, 2.05) is 30.5 Å². The topological polar surface area (TPSA) is 22.1 Å². The van der Waals surface area contributed by atoms with Gasteiger partial charge in [-0.2, -0.15) is 13.2 Å². The van der Waals surface area contributed by atoms with E-state index in [1.54, 1.807) is 12.1 Å². The molecule has 0 saturated heterocycles. The zero-order valence-corrected chi connectivity index (χ0v) is 19.8. The molecule has 0 bridgehead atoms. The molecule has 188 valence electrons. The average Bonchev–Trinajstić information content (AvgIpc) is 2.86. The molecule has 2 nitrogen and oxygen atoms in total. The highest BCUT2D eigenvalue weighted by atomic mass is 19.4. The summed E-state index contributed by atoms with van der Waals surface area (Å²) < 4.78 is 70.7. The quantitative estimate of drug-likeness (QED) is 0.216. The van der Waals surface area contributed by atoms with Gasteiger partial charge in [0.1, 0.15) is 5.82 Å². The first-order valence-corrected chi connectivity index (χ1v) is 11.9. The molecule has 0 saturated carbocycles. The Bertz CT molecular complexity index is 1330. The number of rotatable bonds is 9. The molecular formula is C29H26F5NO. The molecular weight excluding hydrogens is 473 g/mol. The van der Waals surface area contributed by atoms with E-state index in [0.29, 0.717) is 29.4 Å². The van der Waals surface area contributed by atoms with Crippen LogP contribution in [-0.4, -0.2) is 17.8 Å². The van der Waals surface area contributed by atoms with Gasteiger partial charge in [0.2, 0.25) is 0 Å². The SMILES string of the molecule is CCCCc1ccc(-c2ccc3c(F)c(CCc4ccc(OCC(F)(F)F)c(F)c4)ccc3c2)nc1. The van der Waals surface area contributed by atoms with E-state index >= 15 is 4.39 Å². The van der Waals surface area contributed by atoms with Crippen LogP contribution in [0.25, 0.3) is 22.0 Å². The summed E-state index contributed by atoms with van der Waals surface area (Å²) in [7, 11) is 0. The van der Waals surface area contributed by atoms with Gasteiger partial charge in [0, 0.05) is 17.1 Å². The first-order chi connectivity index (χ1) is 17.2. The van der Waals surface area contributed by atoms with Crippen LogP contribution < -0.4 is 4.74 Å². The van der Waals surface area contributed by atoms with E-state index in [4.69, 9.17) is 0 Å². The molecule has 0 aliphatic rings. The Kier molecular flexibility index (Phi) is 7.87. The number of nitrogens with zero attached hydrogens (tertiary/aromatic N) is 1. The maximum Gasteiger partial charge on any atom is 0.422 e. The van der Waals surface area contributed by atoms with Gasteiger partial charge in [-0.25, -0.2) is 8.78 Å². The van der Waals surface area contributed by atoms with E-state index < -0.39 is 24.3 Å². The largest absolute Gasteiger partial charge is 0.481 e. The van der Waals surface area contributed by atoms with Crippen LogP contribution >= 0.6 is 0 Å². The predicted molar refractivity (Wildman–Crippen MR) is 131 cm³/mol. The van der Waals surface area contributed by atoms with E-state index in [-0.39, 0.29) is 5.82 Å². The predicted octanol–water partition coefficient (Wildman–Crippen LogP) is 8.25. The minimum Gasteiger partial charge on any atom is -0.481 e. The Morgan fingerprint density at radius 3 is 2.33 bits per heavy atom. The summed E-state index contributed by atoms with van der Waals surface area (Å²) in [6.45, 7) is 0.590. The lowest BCUT2D eigenvalue weighted by Crippen LogP contribution is -2.19. The second kappa shape index (κ2) is 11.1. The van der Waals surface area contributed by atoms with Gasteiger partial charge in [-0.1, -0.05) is 49.7 Å². The van der Waals surface area contributed by atoms with Gasteiger partial charge < -0.3 is 4.74 Å². The Balaban J connectivity index is 1.45. The number of alkyl halides is 3. The number of ether oxygens (including phenoxy) is 1. The third-order valence-electron chi connectivity index (χ3n) is 6.04. The van der Waals surface area contributed by atoms with Crippen molar-refractivity contribution in [1.29, 1.82) is 0 Å². The van der Waals surface area contributed by atoms with E-state index in [0.717, 1.165) is 42.0 Å².